The van der Waals surface area contributed by atoms with E-state index in [1.807, 2.05) is 49.8 Å². The van der Waals surface area contributed by atoms with Crippen molar-refractivity contribution in [3.05, 3.63) is 48.3 Å². The van der Waals surface area contributed by atoms with Crippen LogP contribution in [0.4, 0.5) is 0 Å². The summed E-state index contributed by atoms with van der Waals surface area (Å²) in [5, 5.41) is 7.62. The van der Waals surface area contributed by atoms with E-state index in [9.17, 15) is 0 Å². The van der Waals surface area contributed by atoms with Gasteiger partial charge in [-0.3, -0.25) is 4.68 Å². The van der Waals surface area contributed by atoms with Gasteiger partial charge in [0.05, 0.1) is 25.9 Å². The summed E-state index contributed by atoms with van der Waals surface area (Å²) >= 11 is 0. The molecule has 1 aromatic heterocycles. The zero-order valence-electron chi connectivity index (χ0n) is 15.9. The third-order valence-electron chi connectivity index (χ3n) is 4.16. The Morgan fingerprint density at radius 3 is 2.89 bits per heavy atom. The van der Waals surface area contributed by atoms with E-state index in [2.05, 4.69) is 22.2 Å². The van der Waals surface area contributed by atoms with E-state index in [0.29, 0.717) is 19.8 Å². The fourth-order valence-electron chi connectivity index (χ4n) is 2.91. The van der Waals surface area contributed by atoms with Gasteiger partial charge in [0.15, 0.2) is 5.96 Å². The van der Waals surface area contributed by atoms with Gasteiger partial charge >= 0.3 is 0 Å². The van der Waals surface area contributed by atoms with E-state index in [4.69, 9.17) is 14.5 Å². The minimum atomic E-state index is 0. The molecule has 1 saturated heterocycles. The SMILES string of the molecule is CCNC(=NCCOc1ccccc1)N1CCOC(c2cnn(C)c2)C1.I. The molecule has 1 fully saturated rings. The van der Waals surface area contributed by atoms with Gasteiger partial charge < -0.3 is 19.7 Å². The molecule has 8 heteroatoms. The average Bonchev–Trinajstić information content (AvgIpc) is 3.12. The summed E-state index contributed by atoms with van der Waals surface area (Å²) in [7, 11) is 1.92. The van der Waals surface area contributed by atoms with Crippen LogP contribution in [-0.2, 0) is 11.8 Å². The molecule has 1 aliphatic heterocycles. The highest BCUT2D eigenvalue weighted by Gasteiger charge is 2.25. The number of aliphatic imine (C=N–C) groups is 1. The molecule has 1 aliphatic rings. The number of hydrogen-bond acceptors (Lipinski definition) is 4. The number of aromatic nitrogens is 2. The Hall–Kier alpha value is -1.81. The highest BCUT2D eigenvalue weighted by Crippen LogP contribution is 2.21. The summed E-state index contributed by atoms with van der Waals surface area (Å²) in [5.41, 5.74) is 1.10. The molecular formula is C19H28IN5O2. The van der Waals surface area contributed by atoms with Crippen molar-refractivity contribution < 1.29 is 9.47 Å². The van der Waals surface area contributed by atoms with Crippen LogP contribution in [0.1, 0.15) is 18.6 Å². The van der Waals surface area contributed by atoms with Crippen molar-refractivity contribution in [1.82, 2.24) is 20.0 Å². The molecule has 0 bridgehead atoms. The number of guanidine groups is 1. The number of aryl methyl sites for hydroxylation is 1. The Bertz CT molecular complexity index is 707. The molecule has 0 amide bonds. The van der Waals surface area contributed by atoms with E-state index >= 15 is 0 Å². The highest BCUT2D eigenvalue weighted by atomic mass is 127. The first kappa shape index (κ1) is 21.5. The molecule has 0 radical (unpaired) electrons. The molecule has 0 saturated carbocycles. The van der Waals surface area contributed by atoms with Gasteiger partial charge in [0.25, 0.3) is 0 Å². The number of halogens is 1. The molecule has 2 heterocycles. The van der Waals surface area contributed by atoms with Crippen molar-refractivity contribution in [3.63, 3.8) is 0 Å². The summed E-state index contributed by atoms with van der Waals surface area (Å²) in [6, 6.07) is 9.82. The Labute approximate surface area is 177 Å². The van der Waals surface area contributed by atoms with Gasteiger partial charge in [0, 0.05) is 31.9 Å². The average molecular weight is 485 g/mol. The second-order valence-electron chi connectivity index (χ2n) is 6.15. The van der Waals surface area contributed by atoms with Crippen molar-refractivity contribution in [1.29, 1.82) is 0 Å². The molecular weight excluding hydrogens is 457 g/mol. The smallest absolute Gasteiger partial charge is 0.194 e. The van der Waals surface area contributed by atoms with E-state index in [1.165, 1.54) is 0 Å². The summed E-state index contributed by atoms with van der Waals surface area (Å²) < 4.78 is 13.4. The quantitative estimate of drug-likeness (QED) is 0.295. The van der Waals surface area contributed by atoms with Gasteiger partial charge in [-0.25, -0.2) is 4.99 Å². The van der Waals surface area contributed by atoms with Crippen LogP contribution in [-0.4, -0.2) is 60.0 Å². The van der Waals surface area contributed by atoms with Crippen LogP contribution in [0.2, 0.25) is 0 Å². The summed E-state index contributed by atoms with van der Waals surface area (Å²) in [6.45, 7) is 6.31. The minimum Gasteiger partial charge on any atom is -0.492 e. The van der Waals surface area contributed by atoms with Gasteiger partial charge in [0.1, 0.15) is 18.5 Å². The predicted octanol–water partition coefficient (Wildman–Crippen LogP) is 2.46. The van der Waals surface area contributed by atoms with Gasteiger partial charge in [-0.15, -0.1) is 24.0 Å². The van der Waals surface area contributed by atoms with Gasteiger partial charge in [-0.05, 0) is 19.1 Å². The number of rotatable bonds is 6. The first-order valence-electron chi connectivity index (χ1n) is 9.07. The standard InChI is InChI=1S/C19H27N5O2.HI/c1-3-20-19(21-9-11-25-17-7-5-4-6-8-17)24-10-12-26-18(15-24)16-13-22-23(2)14-16;/h4-8,13-14,18H,3,9-12,15H2,1-2H3,(H,20,21);1H. The number of ether oxygens (including phenoxy) is 2. The Morgan fingerprint density at radius 2 is 2.19 bits per heavy atom. The molecule has 7 nitrogen and oxygen atoms in total. The lowest BCUT2D eigenvalue weighted by Crippen LogP contribution is -2.48. The van der Waals surface area contributed by atoms with Crippen molar-refractivity contribution in [2.45, 2.75) is 13.0 Å². The monoisotopic (exact) mass is 485 g/mol. The fraction of sp³-hybridized carbons (Fsp3) is 0.474. The van der Waals surface area contributed by atoms with Crippen LogP contribution in [0.15, 0.2) is 47.7 Å². The second kappa shape index (κ2) is 11.1. The molecule has 1 unspecified atom stereocenters. The van der Waals surface area contributed by atoms with Crippen molar-refractivity contribution >= 4 is 29.9 Å². The third-order valence-corrected chi connectivity index (χ3v) is 4.16. The first-order chi connectivity index (χ1) is 12.8. The maximum atomic E-state index is 5.92. The van der Waals surface area contributed by atoms with Crippen molar-refractivity contribution in [3.8, 4) is 5.75 Å². The van der Waals surface area contributed by atoms with E-state index < -0.39 is 0 Å². The zero-order valence-corrected chi connectivity index (χ0v) is 18.2. The van der Waals surface area contributed by atoms with Crippen LogP contribution in [0.5, 0.6) is 5.75 Å². The topological polar surface area (TPSA) is 63.9 Å². The lowest BCUT2D eigenvalue weighted by molar-refractivity contribution is -0.00805. The summed E-state index contributed by atoms with van der Waals surface area (Å²) in [5.74, 6) is 1.78. The Morgan fingerprint density at radius 1 is 1.37 bits per heavy atom. The number of benzene rings is 1. The number of hydrogen-bond donors (Lipinski definition) is 1. The van der Waals surface area contributed by atoms with Crippen LogP contribution in [0, 0.1) is 0 Å². The fourth-order valence-corrected chi connectivity index (χ4v) is 2.91. The number of morpholine rings is 1. The molecule has 0 spiro atoms. The third kappa shape index (κ3) is 6.39. The van der Waals surface area contributed by atoms with E-state index in [-0.39, 0.29) is 30.1 Å². The maximum Gasteiger partial charge on any atom is 0.194 e. The second-order valence-corrected chi connectivity index (χ2v) is 6.15. The van der Waals surface area contributed by atoms with Crippen LogP contribution >= 0.6 is 24.0 Å². The largest absolute Gasteiger partial charge is 0.492 e. The molecule has 2 aromatic rings. The summed E-state index contributed by atoms with van der Waals surface area (Å²) in [4.78, 5) is 6.96. The van der Waals surface area contributed by atoms with Gasteiger partial charge in [0.2, 0.25) is 0 Å². The Kier molecular flexibility index (Phi) is 8.86. The molecule has 1 N–H and O–H groups in total. The number of nitrogens with zero attached hydrogens (tertiary/aromatic N) is 4. The van der Waals surface area contributed by atoms with Gasteiger partial charge in [-0.2, -0.15) is 5.10 Å². The summed E-state index contributed by atoms with van der Waals surface area (Å²) in [6.07, 6.45) is 3.89. The van der Waals surface area contributed by atoms with Crippen molar-refractivity contribution in [2.75, 3.05) is 39.4 Å². The highest BCUT2D eigenvalue weighted by molar-refractivity contribution is 14.0. The van der Waals surface area contributed by atoms with Crippen LogP contribution in [0.3, 0.4) is 0 Å². The number of nitrogens with one attached hydrogen (secondary N) is 1. The normalized spacial score (nSPS) is 17.3. The molecule has 27 heavy (non-hydrogen) atoms. The first-order valence-corrected chi connectivity index (χ1v) is 9.07. The zero-order chi connectivity index (χ0) is 18.2. The van der Waals surface area contributed by atoms with E-state index in [0.717, 1.165) is 36.9 Å². The Balaban J connectivity index is 0.00000261. The molecule has 148 valence electrons. The molecule has 0 aliphatic carbocycles. The molecule has 1 atom stereocenters. The maximum absolute atomic E-state index is 5.92. The van der Waals surface area contributed by atoms with Crippen LogP contribution in [0.25, 0.3) is 0 Å². The van der Waals surface area contributed by atoms with Crippen molar-refractivity contribution in [2.24, 2.45) is 12.0 Å². The molecule has 3 rings (SSSR count). The lowest BCUT2D eigenvalue weighted by atomic mass is 10.1. The van der Waals surface area contributed by atoms with Crippen LogP contribution < -0.4 is 10.1 Å². The predicted molar refractivity (Wildman–Crippen MR) is 117 cm³/mol. The lowest BCUT2D eigenvalue weighted by Gasteiger charge is -2.34. The minimum absolute atomic E-state index is 0. The van der Waals surface area contributed by atoms with Gasteiger partial charge in [-0.1, -0.05) is 18.2 Å². The number of para-hydroxylation sites is 1. The molecule has 1 aromatic carbocycles. The van der Waals surface area contributed by atoms with E-state index in [1.54, 1.807) is 4.68 Å².